The van der Waals surface area contributed by atoms with Gasteiger partial charge in [0.1, 0.15) is 11.6 Å². The van der Waals surface area contributed by atoms with E-state index in [0.29, 0.717) is 12.4 Å². The minimum atomic E-state index is -3.65. The summed E-state index contributed by atoms with van der Waals surface area (Å²) in [6.07, 6.45) is 2.16. The Morgan fingerprint density at radius 3 is 2.50 bits per heavy atom. The van der Waals surface area contributed by atoms with Crippen molar-refractivity contribution in [2.75, 3.05) is 39.5 Å². The molecule has 0 atom stereocenters. The summed E-state index contributed by atoms with van der Waals surface area (Å²) in [6, 6.07) is 12.3. The first-order chi connectivity index (χ1) is 13.5. The molecule has 150 valence electrons. The second-order valence-electron chi connectivity index (χ2n) is 6.50. The molecule has 0 N–H and O–H groups in total. The molecule has 1 aliphatic heterocycles. The van der Waals surface area contributed by atoms with Crippen molar-refractivity contribution in [2.45, 2.75) is 11.3 Å². The molecule has 0 amide bonds. The molecule has 2 aromatic rings. The van der Waals surface area contributed by atoms with Gasteiger partial charge >= 0.3 is 0 Å². The lowest BCUT2D eigenvalue weighted by Crippen LogP contribution is -2.37. The van der Waals surface area contributed by atoms with Crippen LogP contribution in [0.1, 0.15) is 12.0 Å². The lowest BCUT2D eigenvalue weighted by molar-refractivity contribution is 0.0358. The van der Waals surface area contributed by atoms with Gasteiger partial charge in [-0.3, -0.25) is 4.90 Å². The van der Waals surface area contributed by atoms with E-state index in [0.717, 1.165) is 44.7 Å². The van der Waals surface area contributed by atoms with E-state index in [1.807, 2.05) is 0 Å². The van der Waals surface area contributed by atoms with Gasteiger partial charge in [0.25, 0.3) is 0 Å². The van der Waals surface area contributed by atoms with Gasteiger partial charge in [0.05, 0.1) is 24.7 Å². The van der Waals surface area contributed by atoms with E-state index in [1.54, 1.807) is 24.3 Å². The summed E-state index contributed by atoms with van der Waals surface area (Å²) in [5, 5.41) is 1.02. The Kier molecular flexibility index (Phi) is 7.19. The fourth-order valence-corrected chi connectivity index (χ4v) is 3.88. The number of benzene rings is 2. The van der Waals surface area contributed by atoms with E-state index >= 15 is 0 Å². The van der Waals surface area contributed by atoms with Gasteiger partial charge in [-0.1, -0.05) is 18.2 Å². The van der Waals surface area contributed by atoms with Gasteiger partial charge < -0.3 is 9.47 Å². The Morgan fingerprint density at radius 2 is 1.79 bits per heavy atom. The molecule has 0 unspecified atom stereocenters. The first-order valence-electron chi connectivity index (χ1n) is 9.25. The zero-order valence-electron chi connectivity index (χ0n) is 15.6. The minimum Gasteiger partial charge on any atom is -0.494 e. The van der Waals surface area contributed by atoms with Crippen LogP contribution in [-0.4, -0.2) is 52.8 Å². The number of ether oxygens (including phenoxy) is 2. The van der Waals surface area contributed by atoms with Crippen LogP contribution < -0.4 is 4.74 Å². The van der Waals surface area contributed by atoms with Gasteiger partial charge in [-0.2, -0.15) is 0 Å². The van der Waals surface area contributed by atoms with Crippen LogP contribution in [-0.2, 0) is 14.6 Å². The summed E-state index contributed by atoms with van der Waals surface area (Å²) in [4.78, 5) is 2.48. The van der Waals surface area contributed by atoms with E-state index < -0.39 is 15.7 Å². The van der Waals surface area contributed by atoms with Crippen LogP contribution in [0, 0.1) is 5.82 Å². The molecule has 1 fully saturated rings. The fourth-order valence-electron chi connectivity index (χ4n) is 2.88. The maximum atomic E-state index is 13.6. The van der Waals surface area contributed by atoms with E-state index in [1.165, 1.54) is 30.3 Å². The Morgan fingerprint density at radius 1 is 1.07 bits per heavy atom. The van der Waals surface area contributed by atoms with Crippen LogP contribution in [0.4, 0.5) is 4.39 Å². The number of hydrogen-bond donors (Lipinski definition) is 0. The van der Waals surface area contributed by atoms with Crippen LogP contribution >= 0.6 is 0 Å². The predicted octanol–water partition coefficient (Wildman–Crippen LogP) is 3.37. The molecule has 7 heteroatoms. The van der Waals surface area contributed by atoms with Crippen molar-refractivity contribution in [3.05, 3.63) is 65.3 Å². The Bertz CT molecular complexity index is 891. The molecule has 0 aromatic heterocycles. The first kappa shape index (κ1) is 20.5. The van der Waals surface area contributed by atoms with Crippen molar-refractivity contribution in [3.63, 3.8) is 0 Å². The molecule has 3 rings (SSSR count). The molecule has 0 saturated carbocycles. The van der Waals surface area contributed by atoms with E-state index in [2.05, 4.69) is 4.90 Å². The normalized spacial score (nSPS) is 15.8. The maximum absolute atomic E-state index is 13.6. The molecule has 5 nitrogen and oxygen atoms in total. The smallest absolute Gasteiger partial charge is 0.199 e. The zero-order chi connectivity index (χ0) is 19.8. The monoisotopic (exact) mass is 405 g/mol. The summed E-state index contributed by atoms with van der Waals surface area (Å²) < 4.78 is 49.4. The van der Waals surface area contributed by atoms with Gasteiger partial charge in [0.2, 0.25) is 0 Å². The highest BCUT2D eigenvalue weighted by Gasteiger charge is 2.12. The standard InChI is InChI=1S/C21H24FNO4S/c22-21-5-2-1-4-18(21)10-17-28(24,25)20-8-6-19(7-9-20)27-14-3-11-23-12-15-26-16-13-23/h1-2,4-10,17H,3,11-16H2/b17-10+. The van der Waals surface area contributed by atoms with Crippen LogP contribution in [0.2, 0.25) is 0 Å². The van der Waals surface area contributed by atoms with Crippen molar-refractivity contribution in [2.24, 2.45) is 0 Å². The highest BCUT2D eigenvalue weighted by Crippen LogP contribution is 2.19. The molecule has 0 aliphatic carbocycles. The number of rotatable bonds is 8. The second kappa shape index (κ2) is 9.82. The average molecular weight is 405 g/mol. The maximum Gasteiger partial charge on any atom is 0.199 e. The molecular weight excluding hydrogens is 381 g/mol. The van der Waals surface area contributed by atoms with Gasteiger partial charge in [0.15, 0.2) is 9.84 Å². The van der Waals surface area contributed by atoms with Crippen LogP contribution in [0.3, 0.4) is 0 Å². The fraction of sp³-hybridized carbons (Fsp3) is 0.333. The summed E-state index contributed by atoms with van der Waals surface area (Å²) >= 11 is 0. The first-order valence-corrected chi connectivity index (χ1v) is 10.8. The summed E-state index contributed by atoms with van der Waals surface area (Å²) in [7, 11) is -3.65. The molecule has 2 aromatic carbocycles. The van der Waals surface area contributed by atoms with Gasteiger partial charge in [-0.05, 0) is 42.8 Å². The molecule has 0 spiro atoms. The number of morpholine rings is 1. The summed E-state index contributed by atoms with van der Waals surface area (Å²) in [6.45, 7) is 4.98. The summed E-state index contributed by atoms with van der Waals surface area (Å²) in [5.74, 6) is 0.161. The van der Waals surface area contributed by atoms with Crippen LogP contribution in [0.15, 0.2) is 58.8 Å². The van der Waals surface area contributed by atoms with Gasteiger partial charge in [-0.25, -0.2) is 12.8 Å². The molecule has 0 radical (unpaired) electrons. The quantitative estimate of drug-likeness (QED) is 0.631. The number of sulfone groups is 1. The SMILES string of the molecule is O=S(=O)(/C=C/c1ccccc1F)c1ccc(OCCCN2CCOCC2)cc1. The van der Waals surface area contributed by atoms with E-state index in [-0.39, 0.29) is 10.5 Å². The third-order valence-electron chi connectivity index (χ3n) is 4.48. The lowest BCUT2D eigenvalue weighted by Gasteiger charge is -2.26. The number of halogens is 1. The topological polar surface area (TPSA) is 55.8 Å². The van der Waals surface area contributed by atoms with Crippen LogP contribution in [0.5, 0.6) is 5.75 Å². The Balaban J connectivity index is 1.52. The van der Waals surface area contributed by atoms with Crippen molar-refractivity contribution in [1.29, 1.82) is 0 Å². The molecular formula is C21H24FNO4S. The van der Waals surface area contributed by atoms with Gasteiger partial charge in [0, 0.05) is 30.6 Å². The third-order valence-corrected chi connectivity index (χ3v) is 5.90. The molecule has 1 aliphatic rings. The zero-order valence-corrected chi connectivity index (χ0v) is 16.4. The van der Waals surface area contributed by atoms with E-state index in [9.17, 15) is 12.8 Å². The Labute approximate surface area is 165 Å². The van der Waals surface area contributed by atoms with Gasteiger partial charge in [-0.15, -0.1) is 0 Å². The molecule has 1 saturated heterocycles. The highest BCUT2D eigenvalue weighted by atomic mass is 32.2. The largest absolute Gasteiger partial charge is 0.494 e. The van der Waals surface area contributed by atoms with Crippen molar-refractivity contribution >= 4 is 15.9 Å². The number of hydrogen-bond acceptors (Lipinski definition) is 5. The van der Waals surface area contributed by atoms with Crippen molar-refractivity contribution < 1.29 is 22.3 Å². The van der Waals surface area contributed by atoms with E-state index in [4.69, 9.17) is 9.47 Å². The molecule has 0 bridgehead atoms. The minimum absolute atomic E-state index is 0.140. The van der Waals surface area contributed by atoms with Crippen molar-refractivity contribution in [3.8, 4) is 5.75 Å². The number of nitrogens with zero attached hydrogens (tertiary/aromatic N) is 1. The predicted molar refractivity (Wildman–Crippen MR) is 106 cm³/mol. The van der Waals surface area contributed by atoms with Crippen LogP contribution in [0.25, 0.3) is 6.08 Å². The molecule has 28 heavy (non-hydrogen) atoms. The molecule has 1 heterocycles. The highest BCUT2D eigenvalue weighted by molar-refractivity contribution is 7.94. The van der Waals surface area contributed by atoms with Crippen molar-refractivity contribution in [1.82, 2.24) is 4.90 Å². The summed E-state index contributed by atoms with van der Waals surface area (Å²) in [5.41, 5.74) is 0.228. The second-order valence-corrected chi connectivity index (χ2v) is 8.33. The average Bonchev–Trinajstić information content (AvgIpc) is 2.72. The Hall–Kier alpha value is -2.22. The third kappa shape index (κ3) is 5.89. The lowest BCUT2D eigenvalue weighted by atomic mass is 10.2.